The van der Waals surface area contributed by atoms with Crippen LogP contribution in [0.25, 0.3) is 0 Å². The van der Waals surface area contributed by atoms with Crippen molar-refractivity contribution in [3.8, 4) is 0 Å². The number of rotatable bonds is 6. The zero-order chi connectivity index (χ0) is 12.0. The SMILES string of the molecule is O=C(CC1CCC1CC(=O)OCO)OCO. The average Bonchev–Trinajstić information content (AvgIpc) is 2.22. The number of aliphatic hydroxyl groups excluding tert-OH is 2. The Hall–Kier alpha value is -1.14. The number of aliphatic hydroxyl groups is 2. The lowest BCUT2D eigenvalue weighted by Crippen LogP contribution is -2.31. The fourth-order valence-electron chi connectivity index (χ4n) is 1.87. The minimum absolute atomic E-state index is 0.116. The van der Waals surface area contributed by atoms with Gasteiger partial charge in [0.25, 0.3) is 0 Å². The van der Waals surface area contributed by atoms with Crippen molar-refractivity contribution < 1.29 is 29.3 Å². The molecule has 1 aliphatic carbocycles. The van der Waals surface area contributed by atoms with Crippen molar-refractivity contribution in [1.82, 2.24) is 0 Å². The Morgan fingerprint density at radius 3 is 1.56 bits per heavy atom. The molecule has 0 aromatic rings. The Morgan fingerprint density at radius 1 is 0.938 bits per heavy atom. The first kappa shape index (κ1) is 12.9. The summed E-state index contributed by atoms with van der Waals surface area (Å²) >= 11 is 0. The smallest absolute Gasteiger partial charge is 0.308 e. The van der Waals surface area contributed by atoms with Crippen molar-refractivity contribution in [3.05, 3.63) is 0 Å². The van der Waals surface area contributed by atoms with E-state index in [4.69, 9.17) is 10.2 Å². The lowest BCUT2D eigenvalue weighted by atomic mass is 9.70. The topological polar surface area (TPSA) is 93.1 Å². The molecule has 2 unspecified atom stereocenters. The highest BCUT2D eigenvalue weighted by Crippen LogP contribution is 2.39. The van der Waals surface area contributed by atoms with E-state index >= 15 is 0 Å². The molecule has 1 rings (SSSR count). The fraction of sp³-hybridized carbons (Fsp3) is 0.800. The summed E-state index contributed by atoms with van der Waals surface area (Å²) in [7, 11) is 0. The molecule has 1 fully saturated rings. The number of hydrogen-bond donors (Lipinski definition) is 2. The molecule has 6 nitrogen and oxygen atoms in total. The van der Waals surface area contributed by atoms with Gasteiger partial charge < -0.3 is 19.7 Å². The van der Waals surface area contributed by atoms with Crippen molar-refractivity contribution in [2.75, 3.05) is 13.6 Å². The van der Waals surface area contributed by atoms with Crippen LogP contribution in [-0.4, -0.2) is 35.7 Å². The van der Waals surface area contributed by atoms with Gasteiger partial charge >= 0.3 is 11.9 Å². The summed E-state index contributed by atoms with van der Waals surface area (Å²) in [5, 5.41) is 16.8. The van der Waals surface area contributed by atoms with Crippen LogP contribution in [0.3, 0.4) is 0 Å². The summed E-state index contributed by atoms with van der Waals surface area (Å²) in [6, 6.07) is 0. The summed E-state index contributed by atoms with van der Waals surface area (Å²) in [6.07, 6.45) is 2.18. The summed E-state index contributed by atoms with van der Waals surface area (Å²) in [4.78, 5) is 22.1. The van der Waals surface area contributed by atoms with E-state index in [0.29, 0.717) is 0 Å². The molecule has 6 heteroatoms. The van der Waals surface area contributed by atoms with Gasteiger partial charge in [-0.25, -0.2) is 0 Å². The molecular weight excluding hydrogens is 216 g/mol. The summed E-state index contributed by atoms with van der Waals surface area (Å²) < 4.78 is 8.82. The van der Waals surface area contributed by atoms with Crippen LogP contribution in [0.15, 0.2) is 0 Å². The molecule has 1 aliphatic rings. The molecule has 0 saturated heterocycles. The highest BCUT2D eigenvalue weighted by Gasteiger charge is 2.34. The van der Waals surface area contributed by atoms with Gasteiger partial charge in [0.1, 0.15) is 0 Å². The first-order valence-corrected chi connectivity index (χ1v) is 5.20. The lowest BCUT2D eigenvalue weighted by Gasteiger charge is -2.35. The monoisotopic (exact) mass is 232 g/mol. The molecule has 0 amide bonds. The van der Waals surface area contributed by atoms with Crippen LogP contribution >= 0.6 is 0 Å². The number of esters is 2. The minimum Gasteiger partial charge on any atom is -0.439 e. The van der Waals surface area contributed by atoms with Crippen LogP contribution in [0.4, 0.5) is 0 Å². The van der Waals surface area contributed by atoms with Gasteiger partial charge in [0.2, 0.25) is 0 Å². The quantitative estimate of drug-likeness (QED) is 0.485. The molecule has 1 saturated carbocycles. The van der Waals surface area contributed by atoms with Gasteiger partial charge in [-0.05, 0) is 24.7 Å². The molecule has 0 aliphatic heterocycles. The summed E-state index contributed by atoms with van der Waals surface area (Å²) in [5.74, 6) is -0.670. The van der Waals surface area contributed by atoms with Crippen molar-refractivity contribution in [1.29, 1.82) is 0 Å². The fourth-order valence-corrected chi connectivity index (χ4v) is 1.87. The third-order valence-electron chi connectivity index (χ3n) is 2.88. The van der Waals surface area contributed by atoms with Gasteiger partial charge in [-0.1, -0.05) is 0 Å². The normalized spacial score (nSPS) is 23.4. The first-order valence-electron chi connectivity index (χ1n) is 5.20. The Labute approximate surface area is 93.2 Å². The third-order valence-corrected chi connectivity index (χ3v) is 2.88. The van der Waals surface area contributed by atoms with Crippen LogP contribution in [-0.2, 0) is 19.1 Å². The Bertz CT molecular complexity index is 226. The maximum Gasteiger partial charge on any atom is 0.308 e. The second-order valence-electron chi connectivity index (χ2n) is 3.80. The highest BCUT2D eigenvalue weighted by atomic mass is 16.6. The van der Waals surface area contributed by atoms with Crippen LogP contribution in [0.1, 0.15) is 25.7 Å². The molecule has 0 bridgehead atoms. The number of carbonyl (C=O) groups is 2. The second kappa shape index (κ2) is 6.44. The van der Waals surface area contributed by atoms with Gasteiger partial charge in [-0.2, -0.15) is 0 Å². The average molecular weight is 232 g/mol. The van der Waals surface area contributed by atoms with Crippen molar-refractivity contribution in [2.45, 2.75) is 25.7 Å². The summed E-state index contributed by atoms with van der Waals surface area (Å²) in [6.45, 7) is -1.22. The predicted octanol–water partition coefficient (Wildman–Crippen LogP) is -0.221. The van der Waals surface area contributed by atoms with Gasteiger partial charge in [0, 0.05) is 12.8 Å². The maximum atomic E-state index is 11.1. The molecular formula is C10H16O6. The van der Waals surface area contributed by atoms with E-state index in [9.17, 15) is 9.59 Å². The van der Waals surface area contributed by atoms with Crippen LogP contribution in [0.5, 0.6) is 0 Å². The molecule has 0 aromatic heterocycles. The number of ether oxygens (including phenoxy) is 2. The minimum atomic E-state index is -0.608. The van der Waals surface area contributed by atoms with E-state index in [1.165, 1.54) is 0 Å². The van der Waals surface area contributed by atoms with E-state index < -0.39 is 25.5 Å². The van der Waals surface area contributed by atoms with E-state index in [2.05, 4.69) is 9.47 Å². The van der Waals surface area contributed by atoms with Gasteiger partial charge in [-0.3, -0.25) is 9.59 Å². The Balaban J connectivity index is 2.24. The van der Waals surface area contributed by atoms with E-state index in [-0.39, 0.29) is 24.7 Å². The van der Waals surface area contributed by atoms with Crippen LogP contribution < -0.4 is 0 Å². The van der Waals surface area contributed by atoms with Crippen molar-refractivity contribution in [2.24, 2.45) is 11.8 Å². The van der Waals surface area contributed by atoms with Crippen molar-refractivity contribution in [3.63, 3.8) is 0 Å². The van der Waals surface area contributed by atoms with E-state index in [1.54, 1.807) is 0 Å². The van der Waals surface area contributed by atoms with Crippen LogP contribution in [0.2, 0.25) is 0 Å². The number of hydrogen-bond acceptors (Lipinski definition) is 6. The highest BCUT2D eigenvalue weighted by molar-refractivity contribution is 5.71. The van der Waals surface area contributed by atoms with Gasteiger partial charge in [0.05, 0.1) is 0 Å². The molecule has 0 radical (unpaired) electrons. The first-order chi connectivity index (χ1) is 7.67. The van der Waals surface area contributed by atoms with Crippen molar-refractivity contribution >= 4 is 11.9 Å². The molecule has 0 heterocycles. The van der Waals surface area contributed by atoms with Gasteiger partial charge in [-0.15, -0.1) is 0 Å². The third kappa shape index (κ3) is 3.79. The van der Waals surface area contributed by atoms with E-state index in [1.807, 2.05) is 0 Å². The van der Waals surface area contributed by atoms with Gasteiger partial charge in [0.15, 0.2) is 13.6 Å². The largest absolute Gasteiger partial charge is 0.439 e. The predicted molar refractivity (Wildman–Crippen MR) is 51.8 cm³/mol. The molecule has 2 N–H and O–H groups in total. The molecule has 92 valence electrons. The molecule has 16 heavy (non-hydrogen) atoms. The second-order valence-corrected chi connectivity index (χ2v) is 3.80. The zero-order valence-electron chi connectivity index (χ0n) is 8.92. The Kier molecular flexibility index (Phi) is 5.21. The molecule has 2 atom stereocenters. The maximum absolute atomic E-state index is 11.1. The lowest BCUT2D eigenvalue weighted by molar-refractivity contribution is -0.158. The van der Waals surface area contributed by atoms with E-state index in [0.717, 1.165) is 12.8 Å². The van der Waals surface area contributed by atoms with Crippen LogP contribution in [0, 0.1) is 11.8 Å². The standard InChI is InChI=1S/C10H16O6/c11-5-15-9(13)3-7-1-2-8(7)4-10(14)16-6-12/h7-8,11-12H,1-6H2. The molecule has 0 aromatic carbocycles. The summed E-state index contributed by atoms with van der Waals surface area (Å²) in [5.41, 5.74) is 0. The number of carbonyl (C=O) groups excluding carboxylic acids is 2. The molecule has 0 spiro atoms. The zero-order valence-corrected chi connectivity index (χ0v) is 8.92. The Morgan fingerprint density at radius 2 is 1.31 bits per heavy atom.